The second-order valence-corrected chi connectivity index (χ2v) is 4.06. The molecule has 2 bridgehead atoms. The third kappa shape index (κ3) is 1.80. The molecule has 2 atom stereocenters. The van der Waals surface area contributed by atoms with Gasteiger partial charge in [-0.2, -0.15) is 5.06 Å². The smallest absolute Gasteiger partial charge is 0.345 e. The van der Waals surface area contributed by atoms with Crippen molar-refractivity contribution in [3.63, 3.8) is 0 Å². The Labute approximate surface area is 98.7 Å². The van der Waals surface area contributed by atoms with Crippen LogP contribution in [0.1, 0.15) is 6.92 Å². The zero-order valence-electron chi connectivity index (χ0n) is 9.50. The van der Waals surface area contributed by atoms with Gasteiger partial charge in [-0.1, -0.05) is 12.2 Å². The number of nitrogens with zero attached hydrogens (tertiary/aromatic N) is 2. The molecule has 2 aliphatic heterocycles. The van der Waals surface area contributed by atoms with Crippen LogP contribution < -0.4 is 0 Å². The van der Waals surface area contributed by atoms with Crippen LogP contribution in [0.2, 0.25) is 0 Å². The number of carboxylic acid groups (broad SMARTS) is 1. The number of carbonyl (C=O) groups excluding carboxylic acids is 1. The van der Waals surface area contributed by atoms with E-state index in [2.05, 4.69) is 6.58 Å². The Hall–Kier alpha value is -1.82. The first kappa shape index (κ1) is 11.7. The predicted octanol–water partition coefficient (Wildman–Crippen LogP) is 0.623. The molecule has 2 amide bonds. The Kier molecular flexibility index (Phi) is 2.89. The van der Waals surface area contributed by atoms with Crippen molar-refractivity contribution in [2.45, 2.75) is 19.0 Å². The van der Waals surface area contributed by atoms with Crippen LogP contribution in [0.3, 0.4) is 0 Å². The number of aliphatic carboxylic acids is 1. The van der Waals surface area contributed by atoms with Gasteiger partial charge in [-0.15, -0.1) is 6.58 Å². The van der Waals surface area contributed by atoms with Gasteiger partial charge in [0.25, 0.3) is 0 Å². The lowest BCUT2D eigenvalue weighted by molar-refractivity contribution is -0.140. The Morgan fingerprint density at radius 3 is 3.06 bits per heavy atom. The number of hydroxylamine groups is 2. The average Bonchev–Trinajstić information content (AvgIpc) is 2.49. The summed E-state index contributed by atoms with van der Waals surface area (Å²) in [5.41, 5.74) is 0.659. The summed E-state index contributed by atoms with van der Waals surface area (Å²) in [6, 6.07) is -1.49. The molecule has 1 saturated heterocycles. The molecule has 1 fully saturated rings. The molecule has 0 saturated carbocycles. The van der Waals surface area contributed by atoms with Crippen molar-refractivity contribution in [1.29, 1.82) is 0 Å². The van der Waals surface area contributed by atoms with Crippen LogP contribution in [-0.2, 0) is 9.63 Å². The highest BCUT2D eigenvalue weighted by atomic mass is 16.7. The maximum Gasteiger partial charge on any atom is 0.345 e. The van der Waals surface area contributed by atoms with Crippen molar-refractivity contribution in [1.82, 2.24) is 9.96 Å². The van der Waals surface area contributed by atoms with Gasteiger partial charge in [-0.3, -0.25) is 4.84 Å². The van der Waals surface area contributed by atoms with E-state index in [1.165, 1.54) is 16.0 Å². The minimum Gasteiger partial charge on any atom is -0.479 e. The van der Waals surface area contributed by atoms with Crippen LogP contribution in [0.25, 0.3) is 0 Å². The fourth-order valence-electron chi connectivity index (χ4n) is 2.21. The highest BCUT2D eigenvalue weighted by Gasteiger charge is 2.47. The third-order valence-electron chi connectivity index (χ3n) is 2.88. The minimum absolute atomic E-state index is 0.210. The van der Waals surface area contributed by atoms with Gasteiger partial charge >= 0.3 is 12.0 Å². The van der Waals surface area contributed by atoms with E-state index in [0.717, 1.165) is 0 Å². The average molecular weight is 238 g/mol. The zero-order chi connectivity index (χ0) is 12.6. The molecule has 0 aromatic heterocycles. The molecule has 0 spiro atoms. The van der Waals surface area contributed by atoms with E-state index in [1.54, 1.807) is 13.0 Å². The monoisotopic (exact) mass is 238 g/mol. The molecular weight excluding hydrogens is 224 g/mol. The summed E-state index contributed by atoms with van der Waals surface area (Å²) in [5, 5.41) is 10.3. The van der Waals surface area contributed by atoms with Gasteiger partial charge in [0.15, 0.2) is 6.04 Å². The molecule has 0 aromatic rings. The van der Waals surface area contributed by atoms with Gasteiger partial charge in [0.05, 0.1) is 19.2 Å². The van der Waals surface area contributed by atoms with E-state index in [9.17, 15) is 9.59 Å². The van der Waals surface area contributed by atoms with E-state index in [-0.39, 0.29) is 12.6 Å². The summed E-state index contributed by atoms with van der Waals surface area (Å²) in [6.07, 6.45) is 3.30. The Morgan fingerprint density at radius 2 is 2.47 bits per heavy atom. The normalized spacial score (nSPS) is 27.1. The molecule has 2 heterocycles. The molecular formula is C11H14N2O4. The summed E-state index contributed by atoms with van der Waals surface area (Å²) in [5.74, 6) is -1.02. The number of urea groups is 1. The maximum atomic E-state index is 11.9. The lowest BCUT2D eigenvalue weighted by atomic mass is 10.0. The molecule has 0 radical (unpaired) electrons. The van der Waals surface area contributed by atoms with Gasteiger partial charge < -0.3 is 10.0 Å². The first-order valence-electron chi connectivity index (χ1n) is 5.31. The summed E-state index contributed by atoms with van der Waals surface area (Å²) >= 11 is 0. The summed E-state index contributed by atoms with van der Waals surface area (Å²) in [4.78, 5) is 29.6. The molecule has 1 N–H and O–H groups in total. The predicted molar refractivity (Wildman–Crippen MR) is 59.1 cm³/mol. The molecule has 0 aromatic carbocycles. The Balaban J connectivity index is 2.23. The molecule has 6 nitrogen and oxygen atoms in total. The van der Waals surface area contributed by atoms with Gasteiger partial charge in [-0.25, -0.2) is 9.59 Å². The van der Waals surface area contributed by atoms with Gasteiger partial charge in [0, 0.05) is 0 Å². The number of hydrogen-bond donors (Lipinski definition) is 1. The highest BCUT2D eigenvalue weighted by molar-refractivity contribution is 5.87. The topological polar surface area (TPSA) is 70.1 Å². The quantitative estimate of drug-likeness (QED) is 0.729. The molecule has 92 valence electrons. The second-order valence-electron chi connectivity index (χ2n) is 4.06. The number of carbonyl (C=O) groups is 2. The summed E-state index contributed by atoms with van der Waals surface area (Å²) in [7, 11) is 0. The second kappa shape index (κ2) is 4.21. The fourth-order valence-corrected chi connectivity index (χ4v) is 2.21. The molecule has 2 aliphatic rings. The van der Waals surface area contributed by atoms with E-state index in [4.69, 9.17) is 9.94 Å². The maximum absolute atomic E-state index is 11.9. The summed E-state index contributed by atoms with van der Waals surface area (Å²) < 4.78 is 0. The Morgan fingerprint density at radius 1 is 1.76 bits per heavy atom. The van der Waals surface area contributed by atoms with Crippen molar-refractivity contribution in [3.05, 3.63) is 24.3 Å². The van der Waals surface area contributed by atoms with Crippen LogP contribution in [-0.4, -0.2) is 52.3 Å². The fraction of sp³-hybridized carbons (Fsp3) is 0.455. The molecule has 0 aliphatic carbocycles. The van der Waals surface area contributed by atoms with Crippen LogP contribution in [0, 0.1) is 0 Å². The highest BCUT2D eigenvalue weighted by Crippen LogP contribution is 2.29. The van der Waals surface area contributed by atoms with E-state index >= 15 is 0 Å². The van der Waals surface area contributed by atoms with Gasteiger partial charge in [0.1, 0.15) is 0 Å². The van der Waals surface area contributed by atoms with Crippen molar-refractivity contribution in [2.75, 3.05) is 13.2 Å². The molecule has 2 rings (SSSR count). The third-order valence-corrected chi connectivity index (χ3v) is 2.88. The van der Waals surface area contributed by atoms with Crippen LogP contribution in [0.5, 0.6) is 0 Å². The number of carboxylic acids is 1. The number of hydrogen-bond acceptors (Lipinski definition) is 3. The summed E-state index contributed by atoms with van der Waals surface area (Å²) in [6.45, 7) is 5.79. The minimum atomic E-state index is -1.02. The largest absolute Gasteiger partial charge is 0.479 e. The van der Waals surface area contributed by atoms with Crippen LogP contribution in [0.15, 0.2) is 24.3 Å². The van der Waals surface area contributed by atoms with E-state index in [0.29, 0.717) is 12.1 Å². The van der Waals surface area contributed by atoms with E-state index < -0.39 is 18.0 Å². The van der Waals surface area contributed by atoms with Crippen molar-refractivity contribution in [3.8, 4) is 0 Å². The SMILES string of the molecule is C=CCON1C(=O)N2CC1C=C(C)[C@H]2C(=O)O. The first-order valence-corrected chi connectivity index (χ1v) is 5.31. The van der Waals surface area contributed by atoms with Gasteiger partial charge in [0.2, 0.25) is 0 Å². The zero-order valence-corrected chi connectivity index (χ0v) is 9.50. The Bertz CT molecular complexity index is 404. The van der Waals surface area contributed by atoms with Crippen LogP contribution >= 0.6 is 0 Å². The lowest BCUT2D eigenvalue weighted by Crippen LogP contribution is -2.45. The number of fused-ring (bicyclic) bond motifs is 2. The standard InChI is InChI=1S/C11H14N2O4/c1-3-4-17-13-8-5-7(2)9(10(14)15)12(6-8)11(13)16/h3,5,8-9H,1,4,6H2,2H3,(H,14,15)/t8?,9-/m0/s1. The molecule has 17 heavy (non-hydrogen) atoms. The van der Waals surface area contributed by atoms with E-state index in [1.807, 2.05) is 0 Å². The van der Waals surface area contributed by atoms with Crippen molar-refractivity contribution >= 4 is 12.0 Å². The van der Waals surface area contributed by atoms with Crippen molar-refractivity contribution in [2.24, 2.45) is 0 Å². The lowest BCUT2D eigenvalue weighted by Gasteiger charge is -2.26. The molecule has 1 unspecified atom stereocenters. The first-order chi connectivity index (χ1) is 8.06. The van der Waals surface area contributed by atoms with Gasteiger partial charge in [-0.05, 0) is 12.5 Å². The number of rotatable bonds is 4. The molecule has 6 heteroatoms. The number of amides is 2. The van der Waals surface area contributed by atoms with Crippen LogP contribution in [0.4, 0.5) is 4.79 Å². The van der Waals surface area contributed by atoms with Crippen molar-refractivity contribution < 1.29 is 19.5 Å².